The van der Waals surface area contributed by atoms with E-state index in [0.29, 0.717) is 28.3 Å². The maximum atomic E-state index is 5.00. The summed E-state index contributed by atoms with van der Waals surface area (Å²) in [7, 11) is -0.240. The summed E-state index contributed by atoms with van der Waals surface area (Å²) in [6.45, 7) is 14.3. The molecule has 1 aliphatic carbocycles. The second-order valence-corrected chi connectivity index (χ2v) is 18.4. The van der Waals surface area contributed by atoms with Crippen LogP contribution < -0.4 is 5.30 Å². The summed E-state index contributed by atoms with van der Waals surface area (Å²) in [5.74, 6) is 2.02. The van der Waals surface area contributed by atoms with E-state index in [1.807, 2.05) is 36.4 Å². The largest absolute Gasteiger partial charge is 0.208 e. The van der Waals surface area contributed by atoms with Crippen LogP contribution in [0.15, 0.2) is 127 Å². The van der Waals surface area contributed by atoms with Gasteiger partial charge in [0, 0.05) is 16.7 Å². The maximum absolute atomic E-state index is 5.00. The Hall–Kier alpha value is -4.72. The number of fused-ring (bicyclic) bond motifs is 1. The fourth-order valence-electron chi connectivity index (χ4n) is 7.07. The van der Waals surface area contributed by atoms with Gasteiger partial charge < -0.3 is 0 Å². The molecule has 7 rings (SSSR count). The lowest BCUT2D eigenvalue weighted by molar-refractivity contribution is 0.460. The maximum Gasteiger partial charge on any atom is 0.164 e. The first kappa shape index (κ1) is 34.7. The fourth-order valence-corrected chi connectivity index (χ4v) is 10.4. The lowest BCUT2D eigenvalue weighted by atomic mass is 9.84. The van der Waals surface area contributed by atoms with Crippen molar-refractivity contribution < 1.29 is 0 Å². The molecule has 0 saturated heterocycles. The molecule has 51 heavy (non-hydrogen) atoms. The molecule has 6 aromatic rings. The van der Waals surface area contributed by atoms with Gasteiger partial charge in [0.1, 0.15) is 0 Å². The third kappa shape index (κ3) is 8.27. The molecule has 0 bridgehead atoms. The van der Waals surface area contributed by atoms with Crippen LogP contribution in [0.5, 0.6) is 0 Å². The molecule has 0 fully saturated rings. The molecule has 0 N–H and O–H groups in total. The molecule has 3 nitrogen and oxygen atoms in total. The van der Waals surface area contributed by atoms with Crippen molar-refractivity contribution in [3.63, 3.8) is 0 Å². The number of benzene rings is 5. The summed E-state index contributed by atoms with van der Waals surface area (Å²) < 4.78 is 0. The Morgan fingerprint density at radius 3 is 1.59 bits per heavy atom. The van der Waals surface area contributed by atoms with Crippen LogP contribution in [0.1, 0.15) is 59.1 Å². The summed E-state index contributed by atoms with van der Waals surface area (Å²) in [6, 6.07) is 43.2. The average molecular weight is 686 g/mol. The molecular weight excluding hydrogens is 638 g/mol. The van der Waals surface area contributed by atoms with Crippen molar-refractivity contribution in [1.82, 2.24) is 15.0 Å². The zero-order chi connectivity index (χ0) is 35.6. The molecule has 1 heterocycles. The van der Waals surface area contributed by atoms with E-state index in [9.17, 15) is 0 Å². The second-order valence-electron chi connectivity index (χ2n) is 16.1. The summed E-state index contributed by atoms with van der Waals surface area (Å²) >= 11 is 0. The predicted molar refractivity (Wildman–Crippen MR) is 220 cm³/mol. The van der Waals surface area contributed by atoms with Gasteiger partial charge in [-0.1, -0.05) is 177 Å². The van der Waals surface area contributed by atoms with Crippen LogP contribution in [0.4, 0.5) is 0 Å². The Balaban J connectivity index is 1.25. The van der Waals surface area contributed by atoms with Crippen molar-refractivity contribution in [3.8, 4) is 56.4 Å². The van der Waals surface area contributed by atoms with Gasteiger partial charge in [0.05, 0.1) is 0 Å². The van der Waals surface area contributed by atoms with Crippen molar-refractivity contribution in [2.75, 3.05) is 12.3 Å². The van der Waals surface area contributed by atoms with Crippen molar-refractivity contribution in [2.24, 2.45) is 10.8 Å². The molecule has 4 heteroatoms. The Morgan fingerprint density at radius 2 is 1.02 bits per heavy atom. The SMILES string of the molecule is CC(C)(C)CP(CC(C)(C)C)c1ccc(-c2ccc(-c3cccc(-c4nc(-c5ccccc5)nc(-c5ccccc5)n4)c3)c3c2C=CCC3)cc1. The van der Waals surface area contributed by atoms with Crippen LogP contribution in [0.3, 0.4) is 0 Å². The van der Waals surface area contributed by atoms with E-state index < -0.39 is 0 Å². The lowest BCUT2D eigenvalue weighted by Crippen LogP contribution is -2.22. The predicted octanol–water partition coefficient (Wildman–Crippen LogP) is 12.4. The number of hydrogen-bond acceptors (Lipinski definition) is 3. The standard InChI is InChI=1S/C47H48N3P/c1-46(2,3)31-51(32-47(4,5)6)38-26-24-33(25-27-38)39-28-29-40(42-23-14-13-22-41(39)42)36-20-15-21-37(30-36)45-49-43(34-16-9-7-10-17-34)48-44(50-45)35-18-11-8-12-19-35/h7-13,15-22,24-30H,14,23,31-32H2,1-6H3. The van der Waals surface area contributed by atoms with E-state index in [1.54, 1.807) is 0 Å². The minimum absolute atomic E-state index is 0.240. The summed E-state index contributed by atoms with van der Waals surface area (Å²) in [5.41, 5.74) is 11.3. The van der Waals surface area contributed by atoms with Crippen LogP contribution in [-0.4, -0.2) is 27.3 Å². The molecule has 256 valence electrons. The Labute approximate surface area is 305 Å². The van der Waals surface area contributed by atoms with Crippen LogP contribution in [0.25, 0.3) is 62.5 Å². The molecule has 0 atom stereocenters. The quantitative estimate of drug-likeness (QED) is 0.150. The van der Waals surface area contributed by atoms with Gasteiger partial charge in [-0.2, -0.15) is 0 Å². The van der Waals surface area contributed by atoms with Gasteiger partial charge in [-0.05, 0) is 80.7 Å². The highest BCUT2D eigenvalue weighted by Gasteiger charge is 2.25. The minimum Gasteiger partial charge on any atom is -0.208 e. The van der Waals surface area contributed by atoms with E-state index >= 15 is 0 Å². The van der Waals surface area contributed by atoms with E-state index in [2.05, 4.69) is 139 Å². The molecule has 1 aliphatic rings. The third-order valence-electron chi connectivity index (χ3n) is 9.21. The molecule has 0 radical (unpaired) electrons. The highest BCUT2D eigenvalue weighted by molar-refractivity contribution is 7.65. The number of rotatable bonds is 8. The molecule has 0 aliphatic heterocycles. The fraction of sp³-hybridized carbons (Fsp3) is 0.255. The molecule has 0 spiro atoms. The lowest BCUT2D eigenvalue weighted by Gasteiger charge is -2.32. The van der Waals surface area contributed by atoms with Crippen molar-refractivity contribution in [3.05, 3.63) is 139 Å². The van der Waals surface area contributed by atoms with Gasteiger partial charge in [-0.3, -0.25) is 0 Å². The van der Waals surface area contributed by atoms with Crippen molar-refractivity contribution in [1.29, 1.82) is 0 Å². The molecular formula is C47H48N3P. The highest BCUT2D eigenvalue weighted by Crippen LogP contribution is 2.46. The van der Waals surface area contributed by atoms with Gasteiger partial charge in [-0.15, -0.1) is 0 Å². The Kier molecular flexibility index (Phi) is 9.86. The van der Waals surface area contributed by atoms with Gasteiger partial charge in [0.2, 0.25) is 0 Å². The van der Waals surface area contributed by atoms with Gasteiger partial charge in [0.25, 0.3) is 0 Å². The number of hydrogen-bond donors (Lipinski definition) is 0. The van der Waals surface area contributed by atoms with Gasteiger partial charge >= 0.3 is 0 Å². The second kappa shape index (κ2) is 14.5. The zero-order valence-corrected chi connectivity index (χ0v) is 31.7. The highest BCUT2D eigenvalue weighted by atomic mass is 31.1. The van der Waals surface area contributed by atoms with Crippen LogP contribution in [0, 0.1) is 10.8 Å². The first-order valence-electron chi connectivity index (χ1n) is 18.2. The normalized spacial score (nSPS) is 13.0. The number of allylic oxidation sites excluding steroid dienone is 1. The zero-order valence-electron chi connectivity index (χ0n) is 30.8. The monoisotopic (exact) mass is 685 g/mol. The Morgan fingerprint density at radius 1 is 0.510 bits per heavy atom. The topological polar surface area (TPSA) is 38.7 Å². The summed E-state index contributed by atoms with van der Waals surface area (Å²) in [4.78, 5) is 14.9. The molecule has 0 amide bonds. The molecule has 5 aromatic carbocycles. The van der Waals surface area contributed by atoms with Crippen LogP contribution in [-0.2, 0) is 6.42 Å². The molecule has 0 saturated carbocycles. The van der Waals surface area contributed by atoms with E-state index in [-0.39, 0.29) is 7.92 Å². The molecule has 1 aromatic heterocycles. The van der Waals surface area contributed by atoms with Crippen LogP contribution in [0.2, 0.25) is 0 Å². The first-order chi connectivity index (χ1) is 24.5. The number of aromatic nitrogens is 3. The smallest absolute Gasteiger partial charge is 0.164 e. The van der Waals surface area contributed by atoms with Crippen LogP contribution >= 0.6 is 7.92 Å². The van der Waals surface area contributed by atoms with E-state index in [0.717, 1.165) is 29.5 Å². The Bertz CT molecular complexity index is 2080. The third-order valence-corrected chi connectivity index (χ3v) is 12.9. The summed E-state index contributed by atoms with van der Waals surface area (Å²) in [5, 5.41) is 1.51. The van der Waals surface area contributed by atoms with Crippen molar-refractivity contribution in [2.45, 2.75) is 54.4 Å². The van der Waals surface area contributed by atoms with E-state index in [1.165, 1.54) is 51.0 Å². The van der Waals surface area contributed by atoms with E-state index in [4.69, 9.17) is 15.0 Å². The van der Waals surface area contributed by atoms with Gasteiger partial charge in [-0.25, -0.2) is 15.0 Å². The van der Waals surface area contributed by atoms with Crippen molar-refractivity contribution >= 4 is 19.3 Å². The summed E-state index contributed by atoms with van der Waals surface area (Å²) in [6.07, 6.45) is 9.22. The van der Waals surface area contributed by atoms with Gasteiger partial charge in [0.15, 0.2) is 17.5 Å². The molecule has 0 unspecified atom stereocenters. The minimum atomic E-state index is -0.240. The number of nitrogens with zero attached hydrogens (tertiary/aromatic N) is 3. The first-order valence-corrected chi connectivity index (χ1v) is 19.9. The average Bonchev–Trinajstić information content (AvgIpc) is 3.14.